The lowest BCUT2D eigenvalue weighted by atomic mass is 10.4. The molecule has 2 heterocycles. The van der Waals surface area contributed by atoms with E-state index >= 15 is 0 Å². The van der Waals surface area contributed by atoms with E-state index in [2.05, 4.69) is 15.1 Å². The van der Waals surface area contributed by atoms with E-state index in [-0.39, 0.29) is 0 Å². The molecule has 4 nitrogen and oxygen atoms in total. The third kappa shape index (κ3) is 1.67. The fraction of sp³-hybridized carbons (Fsp3) is 0.125. The van der Waals surface area contributed by atoms with Gasteiger partial charge in [-0.15, -0.1) is 0 Å². The number of halogens is 1. The van der Waals surface area contributed by atoms with Gasteiger partial charge in [0.05, 0.1) is 6.20 Å². The van der Waals surface area contributed by atoms with Crippen LogP contribution in [0.15, 0.2) is 24.8 Å². The van der Waals surface area contributed by atoms with Crippen LogP contribution in [0.2, 0.25) is 5.15 Å². The average Bonchev–Trinajstić information content (AvgIpc) is 2.52. The van der Waals surface area contributed by atoms with Gasteiger partial charge in [0.25, 0.3) is 0 Å². The third-order valence-electron chi connectivity index (χ3n) is 1.57. The van der Waals surface area contributed by atoms with Gasteiger partial charge in [0.15, 0.2) is 5.82 Å². The molecule has 0 aliphatic carbocycles. The zero-order valence-electron chi connectivity index (χ0n) is 6.98. The molecule has 0 saturated carbocycles. The SMILES string of the molecule is Cc1cnn(-c2cc(Cl)ncn2)c1. The first-order valence-corrected chi connectivity index (χ1v) is 4.13. The van der Waals surface area contributed by atoms with Gasteiger partial charge in [-0.25, -0.2) is 14.6 Å². The quantitative estimate of drug-likeness (QED) is 0.648. The van der Waals surface area contributed by atoms with E-state index in [1.807, 2.05) is 13.1 Å². The van der Waals surface area contributed by atoms with Gasteiger partial charge in [-0.2, -0.15) is 5.10 Å². The summed E-state index contributed by atoms with van der Waals surface area (Å²) in [5, 5.41) is 4.51. The van der Waals surface area contributed by atoms with Crippen LogP contribution in [-0.2, 0) is 0 Å². The number of hydrogen-bond acceptors (Lipinski definition) is 3. The second kappa shape index (κ2) is 3.14. The monoisotopic (exact) mass is 194 g/mol. The van der Waals surface area contributed by atoms with Crippen molar-refractivity contribution in [1.29, 1.82) is 0 Å². The molecule has 2 rings (SSSR count). The molecule has 2 aromatic heterocycles. The topological polar surface area (TPSA) is 43.6 Å². The fourth-order valence-corrected chi connectivity index (χ4v) is 1.13. The molecule has 0 N–H and O–H groups in total. The summed E-state index contributed by atoms with van der Waals surface area (Å²) >= 11 is 5.71. The molecule has 5 heteroatoms. The Hall–Kier alpha value is -1.42. The Morgan fingerprint density at radius 3 is 2.85 bits per heavy atom. The van der Waals surface area contributed by atoms with E-state index in [1.54, 1.807) is 16.9 Å². The van der Waals surface area contributed by atoms with Crippen molar-refractivity contribution in [2.24, 2.45) is 0 Å². The Morgan fingerprint density at radius 1 is 1.38 bits per heavy atom. The van der Waals surface area contributed by atoms with Crippen LogP contribution in [0.4, 0.5) is 0 Å². The van der Waals surface area contributed by atoms with Gasteiger partial charge in [-0.05, 0) is 12.5 Å². The zero-order valence-corrected chi connectivity index (χ0v) is 7.73. The maximum atomic E-state index is 5.71. The molecule has 0 saturated heterocycles. The Labute approximate surface area is 80.2 Å². The minimum atomic E-state index is 0.415. The summed E-state index contributed by atoms with van der Waals surface area (Å²) in [6.45, 7) is 1.96. The molecule has 0 fully saturated rings. The lowest BCUT2D eigenvalue weighted by molar-refractivity contribution is 0.839. The third-order valence-corrected chi connectivity index (χ3v) is 1.77. The maximum Gasteiger partial charge on any atom is 0.158 e. The number of aromatic nitrogens is 4. The van der Waals surface area contributed by atoms with Gasteiger partial charge in [0.1, 0.15) is 11.5 Å². The van der Waals surface area contributed by atoms with E-state index in [0.717, 1.165) is 5.56 Å². The highest BCUT2D eigenvalue weighted by atomic mass is 35.5. The molecule has 0 amide bonds. The first kappa shape index (κ1) is 8.19. The summed E-state index contributed by atoms with van der Waals surface area (Å²) in [6.07, 6.45) is 5.04. The predicted octanol–water partition coefficient (Wildman–Crippen LogP) is 1.62. The highest BCUT2D eigenvalue weighted by molar-refractivity contribution is 6.29. The van der Waals surface area contributed by atoms with E-state index in [4.69, 9.17) is 11.6 Å². The molecule has 0 spiro atoms. The minimum absolute atomic E-state index is 0.415. The summed E-state index contributed by atoms with van der Waals surface area (Å²) in [5.41, 5.74) is 1.08. The Balaban J connectivity index is 2.46. The second-order valence-electron chi connectivity index (χ2n) is 2.66. The van der Waals surface area contributed by atoms with Gasteiger partial charge in [0, 0.05) is 12.3 Å². The highest BCUT2D eigenvalue weighted by Crippen LogP contribution is 2.08. The first-order valence-electron chi connectivity index (χ1n) is 3.75. The Kier molecular flexibility index (Phi) is 1.98. The summed E-state index contributed by atoms with van der Waals surface area (Å²) in [5.74, 6) is 0.674. The number of rotatable bonds is 1. The van der Waals surface area contributed by atoms with Gasteiger partial charge in [-0.3, -0.25) is 0 Å². The minimum Gasteiger partial charge on any atom is -0.224 e. The van der Waals surface area contributed by atoms with Crippen LogP contribution >= 0.6 is 11.6 Å². The van der Waals surface area contributed by atoms with E-state index in [9.17, 15) is 0 Å². The van der Waals surface area contributed by atoms with Crippen molar-refractivity contribution >= 4 is 11.6 Å². The van der Waals surface area contributed by atoms with E-state index < -0.39 is 0 Å². The number of hydrogen-bond donors (Lipinski definition) is 0. The lowest BCUT2D eigenvalue weighted by Crippen LogP contribution is -1.97. The summed E-state index contributed by atoms with van der Waals surface area (Å²) in [7, 11) is 0. The number of aryl methyl sites for hydroxylation is 1. The summed E-state index contributed by atoms with van der Waals surface area (Å²) in [4.78, 5) is 7.81. The molecular weight excluding hydrogens is 188 g/mol. The van der Waals surface area contributed by atoms with Gasteiger partial charge < -0.3 is 0 Å². The molecule has 0 aromatic carbocycles. The van der Waals surface area contributed by atoms with Crippen molar-refractivity contribution in [3.05, 3.63) is 35.5 Å². The first-order chi connectivity index (χ1) is 6.25. The molecule has 0 aliphatic rings. The van der Waals surface area contributed by atoms with Crippen LogP contribution in [0.3, 0.4) is 0 Å². The molecule has 2 aromatic rings. The van der Waals surface area contributed by atoms with Crippen molar-refractivity contribution in [1.82, 2.24) is 19.7 Å². The van der Waals surface area contributed by atoms with Gasteiger partial charge >= 0.3 is 0 Å². The molecule has 0 bridgehead atoms. The van der Waals surface area contributed by atoms with Crippen LogP contribution in [0.25, 0.3) is 5.82 Å². The van der Waals surface area contributed by atoms with Crippen LogP contribution < -0.4 is 0 Å². The predicted molar refractivity (Wildman–Crippen MR) is 48.9 cm³/mol. The molecule has 0 radical (unpaired) electrons. The highest BCUT2D eigenvalue weighted by Gasteiger charge is 1.99. The van der Waals surface area contributed by atoms with Crippen LogP contribution in [0, 0.1) is 6.92 Å². The van der Waals surface area contributed by atoms with Crippen LogP contribution in [-0.4, -0.2) is 19.7 Å². The molecule has 0 aliphatic heterocycles. The van der Waals surface area contributed by atoms with E-state index in [0.29, 0.717) is 11.0 Å². The molecule has 0 unspecified atom stereocenters. The van der Waals surface area contributed by atoms with Crippen LogP contribution in [0.1, 0.15) is 5.56 Å². The van der Waals surface area contributed by atoms with Crippen molar-refractivity contribution in [3.63, 3.8) is 0 Å². The molecule has 0 atom stereocenters. The molecular formula is C8H7ClN4. The van der Waals surface area contributed by atoms with Crippen molar-refractivity contribution in [2.45, 2.75) is 6.92 Å². The smallest absolute Gasteiger partial charge is 0.158 e. The van der Waals surface area contributed by atoms with Gasteiger partial charge in [0.2, 0.25) is 0 Å². The zero-order chi connectivity index (χ0) is 9.26. The average molecular weight is 195 g/mol. The maximum absolute atomic E-state index is 5.71. The summed E-state index contributed by atoms with van der Waals surface area (Å²) < 4.78 is 1.66. The largest absolute Gasteiger partial charge is 0.224 e. The Morgan fingerprint density at radius 2 is 2.23 bits per heavy atom. The fourth-order valence-electron chi connectivity index (χ4n) is 0.988. The molecule has 13 heavy (non-hydrogen) atoms. The molecule has 66 valence electrons. The second-order valence-corrected chi connectivity index (χ2v) is 3.05. The van der Waals surface area contributed by atoms with Crippen molar-refractivity contribution in [2.75, 3.05) is 0 Å². The number of nitrogens with zero attached hydrogens (tertiary/aromatic N) is 4. The Bertz CT molecular complexity index is 424. The normalized spacial score (nSPS) is 10.3. The lowest BCUT2D eigenvalue weighted by Gasteiger charge is -1.98. The van der Waals surface area contributed by atoms with Crippen molar-refractivity contribution < 1.29 is 0 Å². The van der Waals surface area contributed by atoms with Crippen molar-refractivity contribution in [3.8, 4) is 5.82 Å². The van der Waals surface area contributed by atoms with Gasteiger partial charge in [-0.1, -0.05) is 11.6 Å². The van der Waals surface area contributed by atoms with E-state index in [1.165, 1.54) is 6.33 Å². The summed E-state index contributed by atoms with van der Waals surface area (Å²) in [6, 6.07) is 1.66. The van der Waals surface area contributed by atoms with Crippen LogP contribution in [0.5, 0.6) is 0 Å². The standard InChI is InChI=1S/C8H7ClN4/c1-6-3-12-13(4-6)8-2-7(9)10-5-11-8/h2-5H,1H3.